The van der Waals surface area contributed by atoms with Gasteiger partial charge in [-0.1, -0.05) is 5.22 Å². The number of anilines is 1. The molecule has 3 aliphatic rings. The van der Waals surface area contributed by atoms with Crippen molar-refractivity contribution in [3.05, 3.63) is 29.4 Å². The fourth-order valence-electron chi connectivity index (χ4n) is 4.56. The molecule has 2 fully saturated rings. The SMILES string of the molecule is CC1=C(N2CC[C@]3(CC[C@@H](NCc4cnc(N/C=N\N=N)cn4)CC3)C2=O)COC1=O. The molecule has 0 bridgehead atoms. The quantitative estimate of drug-likeness (QED) is 0.199. The average molecular weight is 426 g/mol. The summed E-state index contributed by atoms with van der Waals surface area (Å²) < 4.78 is 5.09. The summed E-state index contributed by atoms with van der Waals surface area (Å²) in [7, 11) is 0. The second-order valence-electron chi connectivity index (χ2n) is 8.17. The minimum Gasteiger partial charge on any atom is -0.456 e. The van der Waals surface area contributed by atoms with Gasteiger partial charge >= 0.3 is 5.97 Å². The van der Waals surface area contributed by atoms with Crippen molar-refractivity contribution in [2.75, 3.05) is 18.5 Å². The highest BCUT2D eigenvalue weighted by Crippen LogP contribution is 2.46. The van der Waals surface area contributed by atoms with Crippen LogP contribution in [0.2, 0.25) is 0 Å². The van der Waals surface area contributed by atoms with Crippen molar-refractivity contribution in [1.29, 1.82) is 5.53 Å². The van der Waals surface area contributed by atoms with Crippen LogP contribution in [-0.2, 0) is 20.9 Å². The molecule has 11 heteroatoms. The van der Waals surface area contributed by atoms with E-state index in [0.29, 0.717) is 30.5 Å². The van der Waals surface area contributed by atoms with Crippen LogP contribution in [-0.4, -0.2) is 52.3 Å². The van der Waals surface area contributed by atoms with Crippen LogP contribution in [0.25, 0.3) is 0 Å². The number of cyclic esters (lactones) is 1. The lowest BCUT2D eigenvalue weighted by atomic mass is 9.71. The third-order valence-electron chi connectivity index (χ3n) is 6.47. The van der Waals surface area contributed by atoms with E-state index in [-0.39, 0.29) is 23.9 Å². The van der Waals surface area contributed by atoms with Gasteiger partial charge in [-0.2, -0.15) is 5.53 Å². The number of nitrogens with zero attached hydrogens (tertiary/aromatic N) is 5. The van der Waals surface area contributed by atoms with Crippen LogP contribution < -0.4 is 10.6 Å². The number of hydrogen-bond donors (Lipinski definition) is 3. The molecule has 164 valence electrons. The van der Waals surface area contributed by atoms with Gasteiger partial charge in [0, 0.05) is 19.1 Å². The van der Waals surface area contributed by atoms with Crippen LogP contribution in [0.4, 0.5) is 5.82 Å². The monoisotopic (exact) mass is 426 g/mol. The lowest BCUT2D eigenvalue weighted by Gasteiger charge is -2.36. The van der Waals surface area contributed by atoms with Gasteiger partial charge in [0.1, 0.15) is 18.8 Å². The number of hydrogen-bond acceptors (Lipinski definition) is 8. The summed E-state index contributed by atoms with van der Waals surface area (Å²) in [5.74, 6) is 0.356. The van der Waals surface area contributed by atoms with Gasteiger partial charge in [0.15, 0.2) is 0 Å². The highest BCUT2D eigenvalue weighted by atomic mass is 16.5. The van der Waals surface area contributed by atoms with E-state index in [0.717, 1.165) is 43.5 Å². The van der Waals surface area contributed by atoms with Crippen LogP contribution in [0.5, 0.6) is 0 Å². The van der Waals surface area contributed by atoms with Crippen molar-refractivity contribution < 1.29 is 14.3 Å². The molecule has 3 heterocycles. The molecule has 1 amide bonds. The molecule has 3 N–H and O–H groups in total. The van der Waals surface area contributed by atoms with Crippen LogP contribution in [0, 0.1) is 10.9 Å². The number of ether oxygens (including phenoxy) is 1. The Morgan fingerprint density at radius 3 is 2.74 bits per heavy atom. The van der Waals surface area contributed by atoms with E-state index >= 15 is 0 Å². The zero-order chi connectivity index (χ0) is 21.8. The molecule has 0 aromatic carbocycles. The first-order chi connectivity index (χ1) is 15.0. The molecule has 1 saturated heterocycles. The van der Waals surface area contributed by atoms with Crippen molar-refractivity contribution in [2.24, 2.45) is 15.7 Å². The Hall–Kier alpha value is -3.21. The molecular formula is C20H26N8O3. The predicted molar refractivity (Wildman–Crippen MR) is 111 cm³/mol. The summed E-state index contributed by atoms with van der Waals surface area (Å²) in [6.07, 6.45) is 8.92. The maximum absolute atomic E-state index is 13.2. The maximum atomic E-state index is 13.2. The van der Waals surface area contributed by atoms with Crippen molar-refractivity contribution in [2.45, 2.75) is 51.6 Å². The third-order valence-corrected chi connectivity index (χ3v) is 6.47. The Balaban J connectivity index is 1.27. The third kappa shape index (κ3) is 4.31. The lowest BCUT2D eigenvalue weighted by molar-refractivity contribution is -0.138. The largest absolute Gasteiger partial charge is 0.456 e. The molecule has 0 unspecified atom stereocenters. The second kappa shape index (κ2) is 8.88. The summed E-state index contributed by atoms with van der Waals surface area (Å²) >= 11 is 0. The second-order valence-corrected chi connectivity index (χ2v) is 8.17. The Kier molecular flexibility index (Phi) is 6.03. The van der Waals surface area contributed by atoms with Crippen molar-refractivity contribution in [3.63, 3.8) is 0 Å². The normalized spacial score (nSPS) is 26.2. The van der Waals surface area contributed by atoms with Gasteiger partial charge in [0.2, 0.25) is 5.91 Å². The summed E-state index contributed by atoms with van der Waals surface area (Å²) in [6.45, 7) is 3.21. The Labute approximate surface area is 179 Å². The molecule has 4 rings (SSSR count). The van der Waals surface area contributed by atoms with Crippen molar-refractivity contribution in [1.82, 2.24) is 20.2 Å². The molecular weight excluding hydrogens is 400 g/mol. The van der Waals surface area contributed by atoms with Gasteiger partial charge in [-0.15, -0.1) is 5.10 Å². The van der Waals surface area contributed by atoms with Crippen molar-refractivity contribution >= 4 is 24.0 Å². The fourth-order valence-corrected chi connectivity index (χ4v) is 4.56. The topological polar surface area (TPSA) is 145 Å². The van der Waals surface area contributed by atoms with Gasteiger partial charge in [-0.05, 0) is 39.0 Å². The first-order valence-corrected chi connectivity index (χ1v) is 10.4. The first kappa shape index (κ1) is 21.0. The van der Waals surface area contributed by atoms with E-state index in [1.165, 1.54) is 6.34 Å². The Bertz CT molecular complexity index is 919. The van der Waals surface area contributed by atoms with Crippen molar-refractivity contribution in [3.8, 4) is 0 Å². The molecule has 1 aromatic rings. The summed E-state index contributed by atoms with van der Waals surface area (Å²) in [5.41, 5.74) is 8.40. The van der Waals surface area contributed by atoms with Gasteiger partial charge in [0.25, 0.3) is 0 Å². The van der Waals surface area contributed by atoms with Crippen LogP contribution >= 0.6 is 0 Å². The van der Waals surface area contributed by atoms with Gasteiger partial charge in [0.05, 0.1) is 34.8 Å². The molecule has 1 saturated carbocycles. The number of carbonyl (C=O) groups is 2. The summed E-state index contributed by atoms with van der Waals surface area (Å²) in [5, 5.41) is 12.5. The standard InChI is InChI=1S/C20H26N8O3/c1-13-16(11-31-18(13)29)28-7-6-20(19(28)30)4-2-14(3-5-20)22-8-15-9-24-17(10-23-15)25-12-26-27-21/h9-10,12,14,22H,2-8,11H2,1H3,(H2,21,24,25,26)/t14-,20-. The summed E-state index contributed by atoms with van der Waals surface area (Å²) in [6, 6.07) is 0.329. The molecule has 2 aliphatic heterocycles. The first-order valence-electron chi connectivity index (χ1n) is 10.4. The number of amides is 1. The number of likely N-dealkylation sites (tertiary alicyclic amines) is 1. The zero-order valence-electron chi connectivity index (χ0n) is 17.4. The minimum atomic E-state index is -0.319. The predicted octanol–water partition coefficient (Wildman–Crippen LogP) is 1.94. The van der Waals surface area contributed by atoms with Gasteiger partial charge in [-0.25, -0.2) is 9.78 Å². The molecule has 31 heavy (non-hydrogen) atoms. The average Bonchev–Trinajstić information content (AvgIpc) is 3.28. The number of esters is 1. The smallest absolute Gasteiger partial charge is 0.336 e. The maximum Gasteiger partial charge on any atom is 0.336 e. The molecule has 11 nitrogen and oxygen atoms in total. The molecule has 0 atom stereocenters. The number of aromatic nitrogens is 2. The molecule has 1 aromatic heterocycles. The Morgan fingerprint density at radius 1 is 1.29 bits per heavy atom. The van der Waals surface area contributed by atoms with E-state index in [2.05, 4.69) is 30.9 Å². The van der Waals surface area contributed by atoms with Gasteiger partial charge in [-0.3, -0.25) is 9.78 Å². The Morgan fingerprint density at radius 2 is 2.10 bits per heavy atom. The van der Waals surface area contributed by atoms with Gasteiger partial charge < -0.3 is 20.3 Å². The number of carbonyl (C=O) groups excluding carboxylic acids is 2. The van der Waals surface area contributed by atoms with E-state index in [1.807, 2.05) is 0 Å². The molecule has 0 radical (unpaired) electrons. The fraction of sp³-hybridized carbons (Fsp3) is 0.550. The highest BCUT2D eigenvalue weighted by Gasteiger charge is 2.50. The lowest BCUT2D eigenvalue weighted by Crippen LogP contribution is -2.42. The number of rotatable bonds is 7. The molecule has 1 aliphatic carbocycles. The highest BCUT2D eigenvalue weighted by molar-refractivity contribution is 5.94. The van der Waals surface area contributed by atoms with E-state index < -0.39 is 0 Å². The van der Waals surface area contributed by atoms with Crippen LogP contribution in [0.3, 0.4) is 0 Å². The minimum absolute atomic E-state index is 0.148. The van der Waals surface area contributed by atoms with E-state index in [1.54, 1.807) is 24.2 Å². The molecule has 1 spiro atoms. The van der Waals surface area contributed by atoms with E-state index in [4.69, 9.17) is 10.3 Å². The zero-order valence-corrected chi connectivity index (χ0v) is 17.4. The van der Waals surface area contributed by atoms with Crippen LogP contribution in [0.15, 0.2) is 34.0 Å². The summed E-state index contributed by atoms with van der Waals surface area (Å²) in [4.78, 5) is 35.2. The van der Waals surface area contributed by atoms with Crippen LogP contribution in [0.1, 0.15) is 44.7 Å². The van der Waals surface area contributed by atoms with E-state index in [9.17, 15) is 9.59 Å². The number of nitrogens with one attached hydrogen (secondary N) is 3.